The molecule has 1 aliphatic heterocycles. The summed E-state index contributed by atoms with van der Waals surface area (Å²) in [4.78, 5) is 0. The normalized spacial score (nSPS) is 35.3. The lowest BCUT2D eigenvalue weighted by Gasteiger charge is -2.54. The molecule has 4 atom stereocenters. The predicted octanol–water partition coefficient (Wildman–Crippen LogP) is 5.82. The zero-order chi connectivity index (χ0) is 16.6. The van der Waals surface area contributed by atoms with E-state index in [4.69, 9.17) is 9.47 Å². The summed E-state index contributed by atoms with van der Waals surface area (Å²) >= 11 is 0. The molecule has 128 valence electrons. The van der Waals surface area contributed by atoms with Crippen molar-refractivity contribution in [2.24, 2.45) is 0 Å². The van der Waals surface area contributed by atoms with Gasteiger partial charge in [0, 0.05) is 0 Å². The first-order valence-corrected chi connectivity index (χ1v) is 8.96. The van der Waals surface area contributed by atoms with Crippen LogP contribution in [0.5, 0.6) is 0 Å². The second-order valence-corrected chi connectivity index (χ2v) is 7.18. The molecule has 2 heteroatoms. The molecule has 0 N–H and O–H groups in total. The summed E-state index contributed by atoms with van der Waals surface area (Å²) in [6.07, 6.45) is 13.3. The van der Waals surface area contributed by atoms with Crippen molar-refractivity contribution >= 4 is 0 Å². The standard InChI is InChI=1S/C20H36O2/c1-7-9-11-13-15-19(5)20(6,16-14-12-10-8-2)22-18(4)17(3)21-19/h7-8,17-18H,1-2,9-16H2,3-6H3. The summed E-state index contributed by atoms with van der Waals surface area (Å²) in [6, 6.07) is 0. The van der Waals surface area contributed by atoms with Crippen LogP contribution in [-0.2, 0) is 9.47 Å². The number of ether oxygens (including phenoxy) is 2. The molecule has 2 nitrogen and oxygen atoms in total. The van der Waals surface area contributed by atoms with Gasteiger partial charge in [0.2, 0.25) is 0 Å². The van der Waals surface area contributed by atoms with Crippen molar-refractivity contribution in [2.75, 3.05) is 0 Å². The van der Waals surface area contributed by atoms with Crippen LogP contribution in [-0.4, -0.2) is 23.4 Å². The van der Waals surface area contributed by atoms with Crippen molar-refractivity contribution in [3.63, 3.8) is 0 Å². The number of unbranched alkanes of at least 4 members (excludes halogenated alkanes) is 4. The highest BCUT2D eigenvalue weighted by Gasteiger charge is 2.51. The van der Waals surface area contributed by atoms with Crippen LogP contribution in [0, 0.1) is 0 Å². The van der Waals surface area contributed by atoms with Gasteiger partial charge in [0.15, 0.2) is 0 Å². The first kappa shape index (κ1) is 19.4. The molecule has 1 saturated heterocycles. The van der Waals surface area contributed by atoms with Crippen LogP contribution >= 0.6 is 0 Å². The van der Waals surface area contributed by atoms with Crippen LogP contribution in [0.2, 0.25) is 0 Å². The summed E-state index contributed by atoms with van der Waals surface area (Å²) in [6.45, 7) is 16.4. The van der Waals surface area contributed by atoms with Gasteiger partial charge in [-0.2, -0.15) is 0 Å². The van der Waals surface area contributed by atoms with E-state index in [-0.39, 0.29) is 23.4 Å². The molecule has 0 aliphatic carbocycles. The van der Waals surface area contributed by atoms with Crippen molar-refractivity contribution in [3.05, 3.63) is 25.3 Å². The minimum atomic E-state index is -0.200. The quantitative estimate of drug-likeness (QED) is 0.374. The maximum absolute atomic E-state index is 6.47. The van der Waals surface area contributed by atoms with Crippen LogP contribution in [0.15, 0.2) is 25.3 Å². The molecule has 1 rings (SSSR count). The minimum absolute atomic E-state index is 0.158. The van der Waals surface area contributed by atoms with E-state index in [2.05, 4.69) is 40.9 Å². The highest BCUT2D eigenvalue weighted by molar-refractivity contribution is 5.01. The Bertz CT molecular complexity index is 318. The smallest absolute Gasteiger partial charge is 0.0945 e. The van der Waals surface area contributed by atoms with Crippen LogP contribution in [0.25, 0.3) is 0 Å². The maximum Gasteiger partial charge on any atom is 0.0945 e. The highest BCUT2D eigenvalue weighted by Crippen LogP contribution is 2.44. The van der Waals surface area contributed by atoms with E-state index in [0.717, 1.165) is 38.5 Å². The lowest BCUT2D eigenvalue weighted by atomic mass is 9.76. The summed E-state index contributed by atoms with van der Waals surface area (Å²) in [5.41, 5.74) is -0.400. The van der Waals surface area contributed by atoms with Crippen LogP contribution in [0.3, 0.4) is 0 Å². The summed E-state index contributed by atoms with van der Waals surface area (Å²) in [5, 5.41) is 0. The topological polar surface area (TPSA) is 18.5 Å². The lowest BCUT2D eigenvalue weighted by Crippen LogP contribution is -2.62. The van der Waals surface area contributed by atoms with Gasteiger partial charge in [0.1, 0.15) is 0 Å². The molecule has 1 heterocycles. The van der Waals surface area contributed by atoms with E-state index in [9.17, 15) is 0 Å². The first-order chi connectivity index (χ1) is 10.4. The fourth-order valence-electron chi connectivity index (χ4n) is 3.41. The van der Waals surface area contributed by atoms with Crippen LogP contribution < -0.4 is 0 Å². The van der Waals surface area contributed by atoms with E-state index in [0.29, 0.717) is 0 Å². The molecule has 0 aromatic rings. The summed E-state index contributed by atoms with van der Waals surface area (Å²) in [5.74, 6) is 0. The van der Waals surface area contributed by atoms with Gasteiger partial charge in [-0.1, -0.05) is 25.0 Å². The number of hydrogen-bond acceptors (Lipinski definition) is 2. The number of allylic oxidation sites excluding steroid dienone is 2. The summed E-state index contributed by atoms with van der Waals surface area (Å²) in [7, 11) is 0. The van der Waals surface area contributed by atoms with Crippen LogP contribution in [0.4, 0.5) is 0 Å². The summed E-state index contributed by atoms with van der Waals surface area (Å²) < 4.78 is 12.9. The second kappa shape index (κ2) is 8.88. The molecule has 1 aliphatic rings. The van der Waals surface area contributed by atoms with E-state index in [1.807, 2.05) is 12.2 Å². The Morgan fingerprint density at radius 3 is 1.45 bits per heavy atom. The van der Waals surface area contributed by atoms with Gasteiger partial charge in [0.05, 0.1) is 23.4 Å². The van der Waals surface area contributed by atoms with Crippen molar-refractivity contribution in [1.29, 1.82) is 0 Å². The molecule has 0 aromatic heterocycles. The molecule has 1 fully saturated rings. The first-order valence-electron chi connectivity index (χ1n) is 8.96. The van der Waals surface area contributed by atoms with Gasteiger partial charge in [-0.3, -0.25) is 0 Å². The van der Waals surface area contributed by atoms with Gasteiger partial charge in [-0.05, 0) is 66.2 Å². The van der Waals surface area contributed by atoms with Crippen molar-refractivity contribution in [1.82, 2.24) is 0 Å². The van der Waals surface area contributed by atoms with E-state index < -0.39 is 0 Å². The Morgan fingerprint density at radius 2 is 1.14 bits per heavy atom. The Balaban J connectivity index is 2.71. The highest BCUT2D eigenvalue weighted by atomic mass is 16.6. The predicted molar refractivity (Wildman–Crippen MR) is 95.2 cm³/mol. The van der Waals surface area contributed by atoms with Gasteiger partial charge in [0.25, 0.3) is 0 Å². The average Bonchev–Trinajstić information content (AvgIpc) is 2.47. The molecule has 0 spiro atoms. The Morgan fingerprint density at radius 1 is 0.773 bits per heavy atom. The average molecular weight is 309 g/mol. The third-order valence-electron chi connectivity index (χ3n) is 5.30. The van der Waals surface area contributed by atoms with E-state index in [1.165, 1.54) is 12.8 Å². The van der Waals surface area contributed by atoms with E-state index >= 15 is 0 Å². The molecule has 22 heavy (non-hydrogen) atoms. The SMILES string of the molecule is C=CCCCCC1(C)OC(C)C(C)OC1(C)CCCCC=C. The van der Waals surface area contributed by atoms with Gasteiger partial charge < -0.3 is 9.47 Å². The minimum Gasteiger partial charge on any atom is -0.367 e. The number of hydrogen-bond donors (Lipinski definition) is 0. The maximum atomic E-state index is 6.47. The largest absolute Gasteiger partial charge is 0.367 e. The third-order valence-corrected chi connectivity index (χ3v) is 5.30. The third kappa shape index (κ3) is 4.96. The van der Waals surface area contributed by atoms with Crippen LogP contribution in [0.1, 0.15) is 79.1 Å². The van der Waals surface area contributed by atoms with Crippen molar-refractivity contribution in [2.45, 2.75) is 102 Å². The molecule has 0 radical (unpaired) electrons. The van der Waals surface area contributed by atoms with Gasteiger partial charge in [-0.25, -0.2) is 0 Å². The zero-order valence-corrected chi connectivity index (χ0v) is 15.2. The molecule has 4 unspecified atom stereocenters. The van der Waals surface area contributed by atoms with Crippen molar-refractivity contribution in [3.8, 4) is 0 Å². The molecule has 0 aromatic carbocycles. The lowest BCUT2D eigenvalue weighted by molar-refractivity contribution is -0.303. The molecular formula is C20H36O2. The molecule has 0 bridgehead atoms. The number of rotatable bonds is 10. The van der Waals surface area contributed by atoms with Gasteiger partial charge in [-0.15, -0.1) is 13.2 Å². The van der Waals surface area contributed by atoms with E-state index in [1.54, 1.807) is 0 Å². The fourth-order valence-corrected chi connectivity index (χ4v) is 3.41. The van der Waals surface area contributed by atoms with Crippen molar-refractivity contribution < 1.29 is 9.47 Å². The fraction of sp³-hybridized carbons (Fsp3) is 0.800. The molecule has 0 amide bonds. The molecule has 0 saturated carbocycles. The Hall–Kier alpha value is -0.600. The zero-order valence-electron chi connectivity index (χ0n) is 15.2. The second-order valence-electron chi connectivity index (χ2n) is 7.18. The van der Waals surface area contributed by atoms with Gasteiger partial charge >= 0.3 is 0 Å². The molecular weight excluding hydrogens is 272 g/mol. The monoisotopic (exact) mass is 308 g/mol. The Labute approximate surface area is 138 Å². The Kier molecular flexibility index (Phi) is 7.85.